The van der Waals surface area contributed by atoms with Gasteiger partial charge in [0.1, 0.15) is 17.8 Å². The average Bonchev–Trinajstić information content (AvgIpc) is 3.40. The molecule has 0 atom stereocenters. The number of rotatable bonds is 6. The number of carbonyl (C=O) groups excluding carboxylic acids is 2. The number of furan rings is 1. The Kier molecular flexibility index (Phi) is 6.21. The second-order valence-corrected chi connectivity index (χ2v) is 8.24. The molecule has 0 saturated carbocycles. The number of fused-ring (bicyclic) bond motifs is 1. The summed E-state index contributed by atoms with van der Waals surface area (Å²) in [4.78, 5) is 32.8. The second-order valence-electron chi connectivity index (χ2n) is 8.24. The molecule has 176 valence electrons. The van der Waals surface area contributed by atoms with Crippen LogP contribution in [0.4, 0.5) is 0 Å². The normalized spacial score (nSPS) is 11.2. The van der Waals surface area contributed by atoms with Gasteiger partial charge in [0.25, 0.3) is 5.91 Å². The standard InChI is InChI=1S/C29H21N3O4/c1-18-2-4-20(5-3-18)28-24-16-22(10-13-25(24)30-17-31-28)27-15-12-23(36-27)11-14-26(33)19-6-8-21(9-7-19)29(34)32-35/h2-17,35H,1H3,(H,32,34). The van der Waals surface area contributed by atoms with Crippen LogP contribution in [0.15, 0.2) is 95.7 Å². The first-order valence-electron chi connectivity index (χ1n) is 11.2. The number of hydrogen-bond acceptors (Lipinski definition) is 6. The summed E-state index contributed by atoms with van der Waals surface area (Å²) in [6, 6.07) is 23.7. The zero-order valence-electron chi connectivity index (χ0n) is 19.3. The van der Waals surface area contributed by atoms with E-state index >= 15 is 0 Å². The van der Waals surface area contributed by atoms with E-state index in [1.807, 2.05) is 43.3 Å². The van der Waals surface area contributed by atoms with Gasteiger partial charge in [0.15, 0.2) is 5.78 Å². The molecule has 0 aliphatic heterocycles. The molecule has 36 heavy (non-hydrogen) atoms. The Morgan fingerprint density at radius 3 is 2.33 bits per heavy atom. The van der Waals surface area contributed by atoms with Crippen molar-refractivity contribution in [2.45, 2.75) is 6.92 Å². The molecule has 0 fully saturated rings. The minimum absolute atomic E-state index is 0.241. The predicted molar refractivity (Wildman–Crippen MR) is 136 cm³/mol. The number of hydroxylamine groups is 1. The summed E-state index contributed by atoms with van der Waals surface area (Å²) in [7, 11) is 0. The minimum atomic E-state index is -0.640. The summed E-state index contributed by atoms with van der Waals surface area (Å²) in [5.74, 6) is 0.299. The molecule has 0 unspecified atom stereocenters. The van der Waals surface area contributed by atoms with Gasteiger partial charge in [-0.3, -0.25) is 14.8 Å². The maximum atomic E-state index is 12.5. The Morgan fingerprint density at radius 2 is 1.58 bits per heavy atom. The van der Waals surface area contributed by atoms with Crippen molar-refractivity contribution in [1.82, 2.24) is 15.4 Å². The Hall–Kier alpha value is -4.88. The number of ketones is 1. The van der Waals surface area contributed by atoms with Crippen LogP contribution in [0.1, 0.15) is 32.0 Å². The van der Waals surface area contributed by atoms with E-state index in [0.29, 0.717) is 17.1 Å². The molecule has 5 rings (SSSR count). The van der Waals surface area contributed by atoms with Gasteiger partial charge in [0.2, 0.25) is 0 Å². The van der Waals surface area contributed by atoms with Gasteiger partial charge in [-0.2, -0.15) is 0 Å². The third-order valence-electron chi connectivity index (χ3n) is 5.80. The first-order valence-corrected chi connectivity index (χ1v) is 11.2. The smallest absolute Gasteiger partial charge is 0.274 e. The molecule has 3 aromatic carbocycles. The molecule has 2 aromatic heterocycles. The van der Waals surface area contributed by atoms with Gasteiger partial charge < -0.3 is 4.42 Å². The summed E-state index contributed by atoms with van der Waals surface area (Å²) in [5.41, 5.74) is 6.96. The number of benzene rings is 3. The average molecular weight is 476 g/mol. The molecule has 7 heteroatoms. The van der Waals surface area contributed by atoms with E-state index in [0.717, 1.165) is 27.7 Å². The lowest BCUT2D eigenvalue weighted by Crippen LogP contribution is -2.18. The number of nitrogens with zero attached hydrogens (tertiary/aromatic N) is 2. The Balaban J connectivity index is 1.38. The van der Waals surface area contributed by atoms with Crippen LogP contribution in [0, 0.1) is 6.92 Å². The van der Waals surface area contributed by atoms with Gasteiger partial charge in [-0.05, 0) is 61.5 Å². The monoisotopic (exact) mass is 475 g/mol. The topological polar surface area (TPSA) is 105 Å². The zero-order valence-corrected chi connectivity index (χ0v) is 19.3. The maximum Gasteiger partial charge on any atom is 0.274 e. The first-order chi connectivity index (χ1) is 17.5. The summed E-state index contributed by atoms with van der Waals surface area (Å²) < 4.78 is 5.97. The SMILES string of the molecule is Cc1ccc(-c2ncnc3ccc(-c4ccc(C=CC(=O)c5ccc(C(=O)NO)cc5)o4)cc23)cc1. The molecule has 2 heterocycles. The van der Waals surface area contributed by atoms with E-state index in [2.05, 4.69) is 22.1 Å². The van der Waals surface area contributed by atoms with E-state index in [4.69, 9.17) is 9.62 Å². The van der Waals surface area contributed by atoms with Crippen LogP contribution in [0.2, 0.25) is 0 Å². The van der Waals surface area contributed by atoms with Crippen LogP contribution >= 0.6 is 0 Å². The fraction of sp³-hybridized carbons (Fsp3) is 0.0345. The number of aromatic nitrogens is 2. The molecule has 0 radical (unpaired) electrons. The highest BCUT2D eigenvalue weighted by molar-refractivity contribution is 6.07. The molecule has 0 aliphatic rings. The third-order valence-corrected chi connectivity index (χ3v) is 5.80. The van der Waals surface area contributed by atoms with Crippen LogP contribution in [0.3, 0.4) is 0 Å². The fourth-order valence-electron chi connectivity index (χ4n) is 3.85. The highest BCUT2D eigenvalue weighted by atomic mass is 16.5. The highest BCUT2D eigenvalue weighted by Gasteiger charge is 2.11. The van der Waals surface area contributed by atoms with E-state index in [9.17, 15) is 9.59 Å². The summed E-state index contributed by atoms with van der Waals surface area (Å²) >= 11 is 0. The molecular weight excluding hydrogens is 454 g/mol. The predicted octanol–water partition coefficient (Wildman–Crippen LogP) is 5.88. The number of nitrogens with one attached hydrogen (secondary N) is 1. The van der Waals surface area contributed by atoms with Crippen molar-refractivity contribution in [3.63, 3.8) is 0 Å². The van der Waals surface area contributed by atoms with Crippen LogP contribution in [-0.2, 0) is 0 Å². The zero-order chi connectivity index (χ0) is 25.1. The fourth-order valence-corrected chi connectivity index (χ4v) is 3.85. The van der Waals surface area contributed by atoms with Crippen LogP contribution in [0.5, 0.6) is 0 Å². The molecule has 0 saturated heterocycles. The van der Waals surface area contributed by atoms with Gasteiger partial charge in [0.05, 0.1) is 11.2 Å². The number of amides is 1. The van der Waals surface area contributed by atoms with Crippen LogP contribution in [-0.4, -0.2) is 26.9 Å². The van der Waals surface area contributed by atoms with Gasteiger partial charge in [-0.25, -0.2) is 15.4 Å². The maximum absolute atomic E-state index is 12.5. The number of hydrogen-bond donors (Lipinski definition) is 2. The third kappa shape index (κ3) is 4.68. The van der Waals surface area contributed by atoms with Crippen molar-refractivity contribution < 1.29 is 19.2 Å². The number of carbonyl (C=O) groups is 2. The van der Waals surface area contributed by atoms with Gasteiger partial charge >= 0.3 is 0 Å². The van der Waals surface area contributed by atoms with E-state index in [1.54, 1.807) is 23.9 Å². The molecule has 5 aromatic rings. The molecule has 0 bridgehead atoms. The van der Waals surface area contributed by atoms with Gasteiger partial charge in [-0.15, -0.1) is 0 Å². The molecule has 0 aliphatic carbocycles. The number of allylic oxidation sites excluding steroid dienone is 1. The highest BCUT2D eigenvalue weighted by Crippen LogP contribution is 2.31. The van der Waals surface area contributed by atoms with Crippen molar-refractivity contribution in [2.75, 3.05) is 0 Å². The lowest BCUT2D eigenvalue weighted by atomic mass is 10.0. The van der Waals surface area contributed by atoms with Gasteiger partial charge in [0, 0.05) is 27.6 Å². The number of aryl methyl sites for hydroxylation is 1. The Bertz CT molecular complexity index is 1600. The van der Waals surface area contributed by atoms with Crippen LogP contribution in [0.25, 0.3) is 39.6 Å². The van der Waals surface area contributed by atoms with E-state index in [-0.39, 0.29) is 11.3 Å². The quantitative estimate of drug-likeness (QED) is 0.137. The van der Waals surface area contributed by atoms with Crippen molar-refractivity contribution >= 4 is 28.7 Å². The first kappa shape index (κ1) is 22.9. The van der Waals surface area contributed by atoms with Crippen molar-refractivity contribution in [2.24, 2.45) is 0 Å². The second kappa shape index (κ2) is 9.77. The molecule has 7 nitrogen and oxygen atoms in total. The van der Waals surface area contributed by atoms with E-state index < -0.39 is 5.91 Å². The largest absolute Gasteiger partial charge is 0.457 e. The molecule has 0 spiro atoms. The molecule has 1 amide bonds. The Morgan fingerprint density at radius 1 is 0.861 bits per heavy atom. The van der Waals surface area contributed by atoms with Gasteiger partial charge in [-0.1, -0.05) is 42.0 Å². The Labute approximate surface area is 206 Å². The lowest BCUT2D eigenvalue weighted by Gasteiger charge is -2.07. The van der Waals surface area contributed by atoms with Crippen molar-refractivity contribution in [3.8, 4) is 22.6 Å². The lowest BCUT2D eigenvalue weighted by molar-refractivity contribution is 0.0706. The minimum Gasteiger partial charge on any atom is -0.457 e. The summed E-state index contributed by atoms with van der Waals surface area (Å²) in [6.07, 6.45) is 4.58. The summed E-state index contributed by atoms with van der Waals surface area (Å²) in [5, 5.41) is 9.61. The molecular formula is C29H21N3O4. The van der Waals surface area contributed by atoms with E-state index in [1.165, 1.54) is 35.9 Å². The molecule has 2 N–H and O–H groups in total. The van der Waals surface area contributed by atoms with Crippen molar-refractivity contribution in [1.29, 1.82) is 0 Å². The summed E-state index contributed by atoms with van der Waals surface area (Å²) in [6.45, 7) is 2.05. The van der Waals surface area contributed by atoms with Crippen LogP contribution < -0.4 is 5.48 Å². The van der Waals surface area contributed by atoms with Crippen molar-refractivity contribution in [3.05, 3.63) is 114 Å².